The Morgan fingerprint density at radius 3 is 2.15 bits per heavy atom. The van der Waals surface area contributed by atoms with Crippen molar-refractivity contribution in [2.24, 2.45) is 0 Å². The number of nitrogens with zero attached hydrogens (tertiary/aromatic N) is 5. The van der Waals surface area contributed by atoms with Crippen molar-refractivity contribution in [3.8, 4) is 23.0 Å². The highest BCUT2D eigenvalue weighted by Gasteiger charge is 2.32. The fourth-order valence-electron chi connectivity index (χ4n) is 4.46. The van der Waals surface area contributed by atoms with E-state index in [1.165, 1.54) is 18.9 Å². The first kappa shape index (κ1) is 28.2. The van der Waals surface area contributed by atoms with Crippen LogP contribution < -0.4 is 4.90 Å². The van der Waals surface area contributed by atoms with E-state index < -0.39 is 17.5 Å². The second-order valence-corrected chi connectivity index (χ2v) is 10.1. The summed E-state index contributed by atoms with van der Waals surface area (Å²) in [5.41, 5.74) is 1.47. The number of carbonyl (C=O) groups excluding carboxylic acids is 3. The Kier molecular flexibility index (Phi) is 8.09. The maximum absolute atomic E-state index is 12.9. The Hall–Kier alpha value is -4.85. The summed E-state index contributed by atoms with van der Waals surface area (Å²) in [6.07, 6.45) is -0.367. The molecule has 1 fully saturated rings. The van der Waals surface area contributed by atoms with Crippen LogP contribution in [0.4, 0.5) is 10.5 Å². The molecule has 2 heterocycles. The van der Waals surface area contributed by atoms with Gasteiger partial charge in [-0.05, 0) is 45.0 Å². The molecule has 1 aliphatic heterocycles. The van der Waals surface area contributed by atoms with Gasteiger partial charge in [-0.2, -0.15) is 10.4 Å². The number of methoxy groups -OCH3 is 2. The number of hydrogen-bond acceptors (Lipinski definition) is 9. The molecule has 1 aromatic heterocycles. The number of carbonyl (C=O) groups is 3. The fourth-order valence-corrected chi connectivity index (χ4v) is 4.46. The van der Waals surface area contributed by atoms with Gasteiger partial charge >= 0.3 is 18.0 Å². The van der Waals surface area contributed by atoms with Gasteiger partial charge in [0.2, 0.25) is 0 Å². The number of esters is 2. The fraction of sp³-hybridized carbons (Fsp3) is 0.345. The Bertz CT molecular complexity index is 1460. The van der Waals surface area contributed by atoms with E-state index in [-0.39, 0.29) is 23.0 Å². The number of ether oxygens (including phenoxy) is 3. The van der Waals surface area contributed by atoms with Crippen molar-refractivity contribution in [1.82, 2.24) is 14.7 Å². The zero-order valence-corrected chi connectivity index (χ0v) is 23.1. The minimum absolute atomic E-state index is 0.0687. The number of rotatable bonds is 5. The average Bonchev–Trinajstić information content (AvgIpc) is 3.36. The molecule has 0 N–H and O–H groups in total. The Labute approximate surface area is 232 Å². The van der Waals surface area contributed by atoms with Gasteiger partial charge < -0.3 is 24.0 Å². The summed E-state index contributed by atoms with van der Waals surface area (Å²) in [6, 6.07) is 16.2. The van der Waals surface area contributed by atoms with Crippen LogP contribution in [0.2, 0.25) is 0 Å². The molecule has 0 atom stereocenters. The first-order valence-electron chi connectivity index (χ1n) is 12.7. The van der Waals surface area contributed by atoms with Crippen LogP contribution in [0.3, 0.4) is 0 Å². The van der Waals surface area contributed by atoms with E-state index in [1.54, 1.807) is 47.4 Å². The van der Waals surface area contributed by atoms with Gasteiger partial charge in [0, 0.05) is 31.7 Å². The molecule has 0 bridgehead atoms. The smallest absolute Gasteiger partial charge is 0.410 e. The minimum atomic E-state index is -0.765. The summed E-state index contributed by atoms with van der Waals surface area (Å²) < 4.78 is 16.8. The largest absolute Gasteiger partial charge is 0.465 e. The lowest BCUT2D eigenvalue weighted by molar-refractivity contribution is 0.0240. The van der Waals surface area contributed by atoms with Crippen LogP contribution in [0.25, 0.3) is 16.9 Å². The molecule has 2 aromatic carbocycles. The number of aromatic nitrogens is 2. The minimum Gasteiger partial charge on any atom is -0.465 e. The number of benzene rings is 2. The predicted molar refractivity (Wildman–Crippen MR) is 146 cm³/mol. The number of piperazine rings is 1. The summed E-state index contributed by atoms with van der Waals surface area (Å²) in [6.45, 7) is 7.38. The van der Waals surface area contributed by atoms with Crippen LogP contribution in [0.1, 0.15) is 47.2 Å². The zero-order valence-electron chi connectivity index (χ0n) is 23.1. The highest BCUT2D eigenvalue weighted by atomic mass is 16.6. The zero-order chi connectivity index (χ0) is 29.0. The van der Waals surface area contributed by atoms with Crippen molar-refractivity contribution in [2.45, 2.75) is 26.4 Å². The summed E-state index contributed by atoms with van der Waals surface area (Å²) in [5, 5.41) is 14.6. The normalized spacial score (nSPS) is 13.4. The summed E-state index contributed by atoms with van der Waals surface area (Å²) >= 11 is 0. The first-order chi connectivity index (χ1) is 19.1. The maximum atomic E-state index is 12.9. The van der Waals surface area contributed by atoms with Crippen molar-refractivity contribution in [1.29, 1.82) is 5.26 Å². The molecule has 11 nitrogen and oxygen atoms in total. The molecule has 40 heavy (non-hydrogen) atoms. The molecule has 1 amide bonds. The molecule has 208 valence electrons. The van der Waals surface area contributed by atoms with Gasteiger partial charge in [-0.15, -0.1) is 0 Å². The summed E-state index contributed by atoms with van der Waals surface area (Å²) in [4.78, 5) is 41.9. The average molecular weight is 546 g/mol. The van der Waals surface area contributed by atoms with Gasteiger partial charge in [-0.3, -0.25) is 0 Å². The van der Waals surface area contributed by atoms with Crippen molar-refractivity contribution >= 4 is 23.7 Å². The molecule has 1 saturated heterocycles. The third kappa shape index (κ3) is 5.76. The molecule has 0 saturated carbocycles. The van der Waals surface area contributed by atoms with Crippen molar-refractivity contribution in [3.05, 3.63) is 65.4 Å². The molecule has 3 aromatic rings. The first-order valence-corrected chi connectivity index (χ1v) is 12.7. The van der Waals surface area contributed by atoms with Crippen LogP contribution in [0.5, 0.6) is 0 Å². The van der Waals surface area contributed by atoms with E-state index >= 15 is 0 Å². The van der Waals surface area contributed by atoms with Gasteiger partial charge in [-0.25, -0.2) is 19.1 Å². The van der Waals surface area contributed by atoms with Crippen LogP contribution >= 0.6 is 0 Å². The van der Waals surface area contributed by atoms with Gasteiger partial charge in [-0.1, -0.05) is 24.3 Å². The lowest BCUT2D eigenvalue weighted by Gasteiger charge is -2.37. The second-order valence-electron chi connectivity index (χ2n) is 10.1. The molecule has 11 heteroatoms. The number of hydrogen-bond donors (Lipinski definition) is 0. The van der Waals surface area contributed by atoms with Gasteiger partial charge in [0.05, 0.1) is 31.2 Å². The van der Waals surface area contributed by atoms with Crippen molar-refractivity contribution in [3.63, 3.8) is 0 Å². The highest BCUT2D eigenvalue weighted by Crippen LogP contribution is 2.33. The summed E-state index contributed by atoms with van der Waals surface area (Å²) in [5.74, 6) is -1.53. The van der Waals surface area contributed by atoms with Crippen molar-refractivity contribution in [2.75, 3.05) is 45.3 Å². The maximum Gasteiger partial charge on any atom is 0.410 e. The lowest BCUT2D eigenvalue weighted by Crippen LogP contribution is -2.50. The van der Waals surface area contributed by atoms with Gasteiger partial charge in [0.25, 0.3) is 0 Å². The van der Waals surface area contributed by atoms with Crippen LogP contribution in [-0.2, 0) is 14.2 Å². The molecular weight excluding hydrogens is 514 g/mol. The van der Waals surface area contributed by atoms with E-state index in [1.807, 2.05) is 31.7 Å². The van der Waals surface area contributed by atoms with Crippen LogP contribution in [-0.4, -0.2) is 78.7 Å². The molecule has 0 radical (unpaired) electrons. The van der Waals surface area contributed by atoms with E-state index in [0.717, 1.165) is 0 Å². The number of nitriles is 1. The van der Waals surface area contributed by atoms with Crippen molar-refractivity contribution < 1.29 is 28.6 Å². The topological polar surface area (TPSA) is 127 Å². The molecule has 0 spiro atoms. The molecular formula is C29H31N5O6. The Morgan fingerprint density at radius 1 is 0.925 bits per heavy atom. The predicted octanol–water partition coefficient (Wildman–Crippen LogP) is 4.04. The SMILES string of the molecule is COC(=O)c1c(-c2ccc(N3CCN(C(=O)OC(C)(C)C)CC3)c(C#N)c2)nn(-c2ccccc2)c1C(=O)OC. The van der Waals surface area contributed by atoms with Crippen LogP contribution in [0, 0.1) is 11.3 Å². The summed E-state index contributed by atoms with van der Waals surface area (Å²) in [7, 11) is 2.43. The van der Waals surface area contributed by atoms with Gasteiger partial charge in [0.1, 0.15) is 22.9 Å². The molecule has 0 aliphatic carbocycles. The number of amides is 1. The molecule has 0 unspecified atom stereocenters. The van der Waals surface area contributed by atoms with E-state index in [4.69, 9.17) is 14.2 Å². The highest BCUT2D eigenvalue weighted by molar-refractivity contribution is 6.07. The number of para-hydroxylation sites is 1. The Morgan fingerprint density at radius 2 is 1.57 bits per heavy atom. The van der Waals surface area contributed by atoms with Gasteiger partial charge in [0.15, 0.2) is 5.69 Å². The van der Waals surface area contributed by atoms with E-state index in [9.17, 15) is 19.6 Å². The monoisotopic (exact) mass is 545 g/mol. The quantitative estimate of drug-likeness (QED) is 0.345. The van der Waals surface area contributed by atoms with E-state index in [0.29, 0.717) is 48.7 Å². The third-order valence-corrected chi connectivity index (χ3v) is 6.32. The van der Waals surface area contributed by atoms with E-state index in [2.05, 4.69) is 11.2 Å². The second kappa shape index (κ2) is 11.5. The van der Waals surface area contributed by atoms with Crippen LogP contribution in [0.15, 0.2) is 48.5 Å². The third-order valence-electron chi connectivity index (χ3n) is 6.32. The molecule has 1 aliphatic rings. The number of anilines is 1. The Balaban J connectivity index is 1.71. The standard InChI is InChI=1S/C29H31N5O6/c1-29(2,3)40-28(37)33-15-13-32(14-16-33)22-12-11-19(17-20(22)18-30)24-23(26(35)38-4)25(27(36)39-5)34(31-24)21-9-7-6-8-10-21/h6-12,17H,13-16H2,1-5H3. The molecule has 4 rings (SSSR count). The lowest BCUT2D eigenvalue weighted by atomic mass is 10.0.